The molecule has 0 amide bonds. The van der Waals surface area contributed by atoms with Gasteiger partial charge in [0.15, 0.2) is 6.10 Å². The number of unbranched alkanes of at least 4 members (excludes halogenated alkanes) is 47. The zero-order valence-corrected chi connectivity index (χ0v) is 55.1. The molecule has 10 heteroatoms. The van der Waals surface area contributed by atoms with Crippen LogP contribution in [0.25, 0.3) is 0 Å². The number of carbonyl (C=O) groups excluding carboxylic acids is 2. The van der Waals surface area contributed by atoms with Gasteiger partial charge >= 0.3 is 19.8 Å². The molecule has 0 aromatic heterocycles. The van der Waals surface area contributed by atoms with E-state index >= 15 is 0 Å². The molecule has 0 bridgehead atoms. The molecule has 0 spiro atoms. The Labute approximate surface area is 508 Å². The van der Waals surface area contributed by atoms with Crippen LogP contribution in [0.4, 0.5) is 0 Å². The maximum atomic E-state index is 12.8. The van der Waals surface area contributed by atoms with Crippen molar-refractivity contribution in [3.8, 4) is 0 Å². The van der Waals surface area contributed by atoms with E-state index in [-0.39, 0.29) is 38.6 Å². The number of phosphoric ester groups is 1. The van der Waals surface area contributed by atoms with Gasteiger partial charge in [0.2, 0.25) is 0 Å². The van der Waals surface area contributed by atoms with Gasteiger partial charge < -0.3 is 20.1 Å². The number of allylic oxidation sites excluding steroid dienone is 8. The fraction of sp³-hybridized carbons (Fsp3) is 0.861. The Balaban J connectivity index is 3.81. The minimum Gasteiger partial charge on any atom is -0.462 e. The van der Waals surface area contributed by atoms with E-state index in [1.165, 1.54) is 276 Å². The van der Waals surface area contributed by atoms with Crippen LogP contribution in [-0.2, 0) is 32.7 Å². The molecule has 0 heterocycles. The van der Waals surface area contributed by atoms with Crippen molar-refractivity contribution in [2.75, 3.05) is 26.4 Å². The van der Waals surface area contributed by atoms with Gasteiger partial charge in [-0.25, -0.2) is 4.57 Å². The van der Waals surface area contributed by atoms with Gasteiger partial charge in [-0.05, 0) is 51.4 Å². The molecule has 0 fully saturated rings. The van der Waals surface area contributed by atoms with Crippen LogP contribution >= 0.6 is 7.82 Å². The summed E-state index contributed by atoms with van der Waals surface area (Å²) in [6.45, 7) is 3.71. The van der Waals surface area contributed by atoms with Crippen LogP contribution in [0.15, 0.2) is 48.6 Å². The summed E-state index contributed by atoms with van der Waals surface area (Å²) in [5.74, 6) is -0.805. The summed E-state index contributed by atoms with van der Waals surface area (Å²) in [4.78, 5) is 35.4. The highest BCUT2D eigenvalue weighted by Crippen LogP contribution is 2.43. The minimum absolute atomic E-state index is 0.0555. The molecule has 0 aliphatic heterocycles. The third kappa shape index (κ3) is 67.1. The molecule has 0 aliphatic rings. The van der Waals surface area contributed by atoms with Gasteiger partial charge in [-0.15, -0.1) is 0 Å². The average molecular weight is 1170 g/mol. The van der Waals surface area contributed by atoms with Crippen molar-refractivity contribution in [2.24, 2.45) is 5.73 Å². The molecular weight excluding hydrogens is 1040 g/mol. The van der Waals surface area contributed by atoms with E-state index in [0.717, 1.165) is 57.8 Å². The zero-order valence-electron chi connectivity index (χ0n) is 54.2. The first-order valence-corrected chi connectivity index (χ1v) is 37.1. The summed E-state index contributed by atoms with van der Waals surface area (Å²) in [5, 5.41) is 0. The number of hydrogen-bond donors (Lipinski definition) is 2. The van der Waals surface area contributed by atoms with E-state index in [0.29, 0.717) is 6.42 Å². The van der Waals surface area contributed by atoms with E-state index in [4.69, 9.17) is 24.3 Å². The van der Waals surface area contributed by atoms with Crippen molar-refractivity contribution in [2.45, 2.75) is 373 Å². The molecule has 3 N–H and O–H groups in total. The van der Waals surface area contributed by atoms with Crippen LogP contribution in [0.2, 0.25) is 0 Å². The molecule has 0 rings (SSSR count). The average Bonchev–Trinajstić information content (AvgIpc) is 3.48. The molecule has 0 aromatic carbocycles. The van der Waals surface area contributed by atoms with Crippen LogP contribution in [0.5, 0.6) is 0 Å². The van der Waals surface area contributed by atoms with Crippen molar-refractivity contribution in [3.05, 3.63) is 48.6 Å². The molecule has 0 aromatic rings. The predicted octanol–water partition coefficient (Wildman–Crippen LogP) is 23.3. The summed E-state index contributed by atoms with van der Waals surface area (Å²) < 4.78 is 33.2. The molecular formula is C72H136NO8P. The van der Waals surface area contributed by atoms with Crippen LogP contribution in [0.1, 0.15) is 367 Å². The monoisotopic (exact) mass is 1170 g/mol. The van der Waals surface area contributed by atoms with Gasteiger partial charge in [-0.1, -0.05) is 351 Å². The second-order valence-corrected chi connectivity index (χ2v) is 25.5. The highest BCUT2D eigenvalue weighted by atomic mass is 31.2. The maximum Gasteiger partial charge on any atom is 0.472 e. The Hall–Kier alpha value is -2.03. The molecule has 0 saturated carbocycles. The number of phosphoric acid groups is 1. The molecule has 0 radical (unpaired) electrons. The van der Waals surface area contributed by atoms with Gasteiger partial charge in [-0.3, -0.25) is 18.6 Å². The van der Waals surface area contributed by atoms with Crippen molar-refractivity contribution in [3.63, 3.8) is 0 Å². The SMILES string of the molecule is CC/C=C\C/C=C\C/C=C\C/C=C\CCCCCCCCCCCCCCCCCCCCC(=O)OC(COC(=O)CCCCCCCCCCCCCCCCCCCCCCCCCCCCCCCC)COP(=O)(O)OCCN. The van der Waals surface area contributed by atoms with Gasteiger partial charge in [-0.2, -0.15) is 0 Å². The topological polar surface area (TPSA) is 134 Å². The summed E-state index contributed by atoms with van der Waals surface area (Å²) in [6.07, 6.45) is 86.5. The normalized spacial score (nSPS) is 13.2. The molecule has 0 aliphatic carbocycles. The number of rotatable bonds is 68. The molecule has 9 nitrogen and oxygen atoms in total. The molecule has 2 atom stereocenters. The smallest absolute Gasteiger partial charge is 0.462 e. The number of esters is 2. The van der Waals surface area contributed by atoms with Gasteiger partial charge in [0.25, 0.3) is 0 Å². The van der Waals surface area contributed by atoms with Gasteiger partial charge in [0.05, 0.1) is 13.2 Å². The van der Waals surface area contributed by atoms with Crippen molar-refractivity contribution in [1.29, 1.82) is 0 Å². The first kappa shape index (κ1) is 80.0. The number of nitrogens with two attached hydrogens (primary N) is 1. The summed E-state index contributed by atoms with van der Waals surface area (Å²) in [7, 11) is -4.39. The largest absolute Gasteiger partial charge is 0.472 e. The van der Waals surface area contributed by atoms with Crippen LogP contribution in [-0.4, -0.2) is 49.3 Å². The Kier molecular flexibility index (Phi) is 66.4. The summed E-state index contributed by atoms with van der Waals surface area (Å²) >= 11 is 0. The fourth-order valence-corrected chi connectivity index (χ4v) is 11.5. The van der Waals surface area contributed by atoms with E-state index in [2.05, 4.69) is 62.5 Å². The third-order valence-electron chi connectivity index (χ3n) is 16.0. The van der Waals surface area contributed by atoms with Gasteiger partial charge in [0.1, 0.15) is 6.61 Å². The standard InChI is InChI=1S/C72H136NO8P/c1-3-5-7-9-11-13-15-17-19-21-23-25-27-29-31-33-35-37-39-41-43-45-47-49-51-53-55-57-59-61-63-65-72(75)81-70(69-80-82(76,77)79-67-66-73)68-78-71(74)64-62-60-58-56-54-52-50-48-46-44-42-40-38-36-34-32-30-28-26-24-22-20-18-16-14-12-10-8-6-4-2/h5,7,11,13,17,19,23,25,70H,3-4,6,8-10,12,14-16,18,20-22,24,26-69,73H2,1-2H3,(H,76,77)/b7-5-,13-11-,19-17-,25-23-. The van der Waals surface area contributed by atoms with E-state index in [1.807, 2.05) is 0 Å². The lowest BCUT2D eigenvalue weighted by Gasteiger charge is -2.19. The molecule has 482 valence electrons. The number of ether oxygens (including phenoxy) is 2. The lowest BCUT2D eigenvalue weighted by molar-refractivity contribution is -0.161. The summed E-state index contributed by atoms with van der Waals surface area (Å²) in [6, 6.07) is 0. The number of carbonyl (C=O) groups is 2. The predicted molar refractivity (Wildman–Crippen MR) is 353 cm³/mol. The Morgan fingerprint density at radius 1 is 0.378 bits per heavy atom. The van der Waals surface area contributed by atoms with E-state index in [1.54, 1.807) is 0 Å². The van der Waals surface area contributed by atoms with Crippen LogP contribution < -0.4 is 5.73 Å². The third-order valence-corrected chi connectivity index (χ3v) is 17.0. The highest BCUT2D eigenvalue weighted by Gasteiger charge is 2.26. The first-order chi connectivity index (χ1) is 40.3. The second-order valence-electron chi connectivity index (χ2n) is 24.1. The van der Waals surface area contributed by atoms with Crippen molar-refractivity contribution >= 4 is 19.8 Å². The molecule has 82 heavy (non-hydrogen) atoms. The van der Waals surface area contributed by atoms with Crippen LogP contribution in [0.3, 0.4) is 0 Å². The fourth-order valence-electron chi connectivity index (χ4n) is 10.8. The quantitative estimate of drug-likeness (QED) is 0.0264. The lowest BCUT2D eigenvalue weighted by Crippen LogP contribution is -2.29. The lowest BCUT2D eigenvalue weighted by atomic mass is 10.0. The zero-order chi connectivity index (χ0) is 59.4. The highest BCUT2D eigenvalue weighted by molar-refractivity contribution is 7.47. The van der Waals surface area contributed by atoms with Crippen molar-refractivity contribution in [1.82, 2.24) is 0 Å². The number of hydrogen-bond acceptors (Lipinski definition) is 8. The van der Waals surface area contributed by atoms with Crippen molar-refractivity contribution < 1.29 is 37.6 Å². The Morgan fingerprint density at radius 2 is 0.671 bits per heavy atom. The maximum absolute atomic E-state index is 12.8. The van der Waals surface area contributed by atoms with Crippen LogP contribution in [0, 0.1) is 0 Å². The minimum atomic E-state index is -4.39. The Morgan fingerprint density at radius 3 is 1.00 bits per heavy atom. The molecule has 0 saturated heterocycles. The summed E-state index contributed by atoms with van der Waals surface area (Å²) in [5.41, 5.74) is 5.41. The van der Waals surface area contributed by atoms with E-state index < -0.39 is 26.5 Å². The first-order valence-electron chi connectivity index (χ1n) is 35.6. The molecule has 2 unspecified atom stereocenters. The second kappa shape index (κ2) is 68.1. The van der Waals surface area contributed by atoms with E-state index in [9.17, 15) is 19.0 Å². The Bertz CT molecular complexity index is 1480. The van der Waals surface area contributed by atoms with Gasteiger partial charge in [0, 0.05) is 19.4 Å².